The van der Waals surface area contributed by atoms with Crippen molar-refractivity contribution in [2.75, 3.05) is 26.2 Å². The highest BCUT2D eigenvalue weighted by molar-refractivity contribution is 8.93. The largest absolute Gasteiger partial charge is 0.235 e. The van der Waals surface area contributed by atoms with Gasteiger partial charge in [0, 0.05) is 36.8 Å². The predicted molar refractivity (Wildman–Crippen MR) is 141 cm³/mol. The fourth-order valence-electron chi connectivity index (χ4n) is 3.81. The van der Waals surface area contributed by atoms with Crippen LogP contribution in [-0.4, -0.2) is 47.8 Å². The number of hydrogen-bond donors (Lipinski definition) is 0. The van der Waals surface area contributed by atoms with Gasteiger partial charge in [0.2, 0.25) is 0 Å². The Balaban J connectivity index is 0.00000182. The van der Waals surface area contributed by atoms with Gasteiger partial charge >= 0.3 is 0 Å². The van der Waals surface area contributed by atoms with Crippen molar-refractivity contribution in [3.8, 4) is 0 Å². The molecule has 2 heterocycles. The molecule has 0 bridgehead atoms. The maximum Gasteiger partial charge on any atom is 0.170 e. The molecule has 2 aliphatic rings. The topological polar surface area (TPSA) is 6.02 Å². The van der Waals surface area contributed by atoms with E-state index in [1.54, 1.807) is 0 Å². The molecule has 0 saturated carbocycles. The highest BCUT2D eigenvalue weighted by Crippen LogP contribution is 2.13. The van der Waals surface area contributed by atoms with Crippen molar-refractivity contribution in [1.29, 1.82) is 0 Å². The SMILES string of the molecule is Br.Br.Br.Br.C1=[N+](CCCC[N+]2=Cc3ccccc3CC2)CCc2ccccc21. The zero-order valence-corrected chi connectivity index (χ0v) is 22.8. The van der Waals surface area contributed by atoms with E-state index in [2.05, 4.69) is 70.1 Å². The van der Waals surface area contributed by atoms with E-state index in [4.69, 9.17) is 0 Å². The standard InChI is InChI=1S/C22H26N2.4BrH/c1-3-9-21-17-23(15-11-19(21)7-1)13-5-6-14-24-16-12-20-8-2-4-10-22(20)18-24;;;;/h1-4,7-10,17-18H,5-6,11-16H2;4*1H/q+2;;;;. The first-order valence-electron chi connectivity index (χ1n) is 9.22. The monoisotopic (exact) mass is 638 g/mol. The van der Waals surface area contributed by atoms with Crippen molar-refractivity contribution in [3.05, 3.63) is 70.8 Å². The van der Waals surface area contributed by atoms with Gasteiger partial charge in [0.15, 0.2) is 12.4 Å². The van der Waals surface area contributed by atoms with Crippen LogP contribution in [0.25, 0.3) is 0 Å². The van der Waals surface area contributed by atoms with Crippen molar-refractivity contribution in [2.24, 2.45) is 0 Å². The van der Waals surface area contributed by atoms with E-state index in [0.29, 0.717) is 0 Å². The van der Waals surface area contributed by atoms with Crippen LogP contribution in [0.1, 0.15) is 35.1 Å². The molecule has 0 fully saturated rings. The van der Waals surface area contributed by atoms with Gasteiger partial charge in [-0.25, -0.2) is 9.15 Å². The molecular formula is C22H30Br4N2+2. The summed E-state index contributed by atoms with van der Waals surface area (Å²) < 4.78 is 5.00. The van der Waals surface area contributed by atoms with Crippen LogP contribution < -0.4 is 0 Å². The first-order valence-corrected chi connectivity index (χ1v) is 9.22. The van der Waals surface area contributed by atoms with Crippen molar-refractivity contribution in [1.82, 2.24) is 0 Å². The molecule has 0 amide bonds. The van der Waals surface area contributed by atoms with Crippen LogP contribution in [0.3, 0.4) is 0 Å². The second-order valence-electron chi connectivity index (χ2n) is 6.93. The molecule has 0 unspecified atom stereocenters. The average Bonchev–Trinajstić information content (AvgIpc) is 2.65. The van der Waals surface area contributed by atoms with Crippen LogP contribution in [0.2, 0.25) is 0 Å². The van der Waals surface area contributed by atoms with Crippen LogP contribution in [0.4, 0.5) is 0 Å². The van der Waals surface area contributed by atoms with Crippen molar-refractivity contribution in [3.63, 3.8) is 0 Å². The normalized spacial score (nSPS) is 13.7. The fraction of sp³-hybridized carbons (Fsp3) is 0.364. The molecule has 2 nitrogen and oxygen atoms in total. The maximum atomic E-state index is 2.50. The van der Waals surface area contributed by atoms with Gasteiger partial charge in [-0.05, 0) is 23.3 Å². The van der Waals surface area contributed by atoms with Crippen molar-refractivity contribution >= 4 is 80.4 Å². The zero-order chi connectivity index (χ0) is 16.2. The molecule has 2 aromatic rings. The first kappa shape index (κ1) is 27.7. The van der Waals surface area contributed by atoms with E-state index >= 15 is 0 Å². The minimum Gasteiger partial charge on any atom is -0.235 e. The summed E-state index contributed by atoms with van der Waals surface area (Å²) in [6.45, 7) is 4.69. The van der Waals surface area contributed by atoms with Crippen molar-refractivity contribution < 1.29 is 9.15 Å². The molecule has 0 saturated heterocycles. The van der Waals surface area contributed by atoms with Crippen LogP contribution in [0.5, 0.6) is 0 Å². The number of fused-ring (bicyclic) bond motifs is 2. The lowest BCUT2D eigenvalue weighted by Crippen LogP contribution is -2.26. The minimum atomic E-state index is 0. The molecule has 0 atom stereocenters. The second kappa shape index (κ2) is 13.8. The summed E-state index contributed by atoms with van der Waals surface area (Å²) in [6.07, 6.45) is 9.60. The van der Waals surface area contributed by atoms with Crippen LogP contribution in [0.15, 0.2) is 48.5 Å². The summed E-state index contributed by atoms with van der Waals surface area (Å²) in [5.74, 6) is 0. The van der Waals surface area contributed by atoms with E-state index < -0.39 is 0 Å². The number of benzene rings is 2. The smallest absolute Gasteiger partial charge is 0.170 e. The lowest BCUT2D eigenvalue weighted by molar-refractivity contribution is -0.535. The van der Waals surface area contributed by atoms with E-state index in [1.165, 1.54) is 74.1 Å². The molecule has 6 heteroatoms. The Morgan fingerprint density at radius 3 is 1.39 bits per heavy atom. The number of hydrogen-bond acceptors (Lipinski definition) is 0. The molecule has 4 rings (SSSR count). The van der Waals surface area contributed by atoms with Gasteiger partial charge in [-0.1, -0.05) is 36.4 Å². The molecule has 0 radical (unpaired) electrons. The van der Waals surface area contributed by atoms with Gasteiger partial charge in [0.25, 0.3) is 0 Å². The van der Waals surface area contributed by atoms with E-state index in [0.717, 1.165) is 0 Å². The lowest BCUT2D eigenvalue weighted by atomic mass is 10.0. The molecule has 0 aliphatic carbocycles. The summed E-state index contributed by atoms with van der Waals surface area (Å²) in [7, 11) is 0. The van der Waals surface area contributed by atoms with Crippen LogP contribution in [-0.2, 0) is 12.8 Å². The second-order valence-corrected chi connectivity index (χ2v) is 6.93. The van der Waals surface area contributed by atoms with E-state index in [1.807, 2.05) is 0 Å². The van der Waals surface area contributed by atoms with Gasteiger partial charge in [-0.3, -0.25) is 0 Å². The summed E-state index contributed by atoms with van der Waals surface area (Å²) in [5.41, 5.74) is 5.81. The van der Waals surface area contributed by atoms with Gasteiger partial charge in [-0.15, -0.1) is 67.9 Å². The highest BCUT2D eigenvalue weighted by Gasteiger charge is 2.17. The Bertz CT molecular complexity index is 735. The molecule has 28 heavy (non-hydrogen) atoms. The minimum absolute atomic E-state index is 0. The third kappa shape index (κ3) is 7.19. The van der Waals surface area contributed by atoms with Gasteiger partial charge in [0.05, 0.1) is 0 Å². The van der Waals surface area contributed by atoms with E-state index in [-0.39, 0.29) is 67.9 Å². The Kier molecular flexibility index (Phi) is 13.7. The Morgan fingerprint density at radius 2 is 0.964 bits per heavy atom. The zero-order valence-electron chi connectivity index (χ0n) is 16.0. The predicted octanol–water partition coefficient (Wildman–Crippen LogP) is 5.45. The Hall–Kier alpha value is -0.300. The first-order chi connectivity index (χ1) is 11.9. The van der Waals surface area contributed by atoms with Crippen molar-refractivity contribution in [2.45, 2.75) is 25.7 Å². The summed E-state index contributed by atoms with van der Waals surface area (Å²) >= 11 is 0. The molecule has 2 aromatic carbocycles. The van der Waals surface area contributed by atoms with Gasteiger partial charge in [-0.2, -0.15) is 0 Å². The lowest BCUT2D eigenvalue weighted by Gasteiger charge is -2.13. The Labute approximate surface area is 210 Å². The van der Waals surface area contributed by atoms with Crippen LogP contribution >= 0.6 is 67.9 Å². The molecular weight excluding hydrogens is 612 g/mol. The summed E-state index contributed by atoms with van der Waals surface area (Å²) in [4.78, 5) is 0. The Morgan fingerprint density at radius 1 is 0.571 bits per heavy atom. The number of halogens is 4. The van der Waals surface area contributed by atoms with Crippen LogP contribution in [0, 0.1) is 0 Å². The summed E-state index contributed by atoms with van der Waals surface area (Å²) in [6, 6.07) is 17.6. The fourth-order valence-corrected chi connectivity index (χ4v) is 3.81. The number of nitrogens with zero attached hydrogens (tertiary/aromatic N) is 2. The highest BCUT2D eigenvalue weighted by atomic mass is 79.9. The quantitative estimate of drug-likeness (QED) is 0.303. The van der Waals surface area contributed by atoms with Gasteiger partial charge in [0.1, 0.15) is 26.2 Å². The maximum absolute atomic E-state index is 2.50. The number of unbranched alkanes of at least 4 members (excludes halogenated alkanes) is 1. The molecule has 0 aromatic heterocycles. The summed E-state index contributed by atoms with van der Waals surface area (Å²) in [5, 5.41) is 0. The van der Waals surface area contributed by atoms with Gasteiger partial charge < -0.3 is 0 Å². The van der Waals surface area contributed by atoms with E-state index in [9.17, 15) is 0 Å². The molecule has 2 aliphatic heterocycles. The third-order valence-corrected chi connectivity index (χ3v) is 5.23. The third-order valence-electron chi connectivity index (χ3n) is 5.23. The average molecular weight is 642 g/mol. The molecule has 0 N–H and O–H groups in total. The molecule has 0 spiro atoms. The molecule has 154 valence electrons. The number of rotatable bonds is 5.